The van der Waals surface area contributed by atoms with Crippen LogP contribution in [0.25, 0.3) is 0 Å². The zero-order valence-electron chi connectivity index (χ0n) is 12.0. The first-order valence-electron chi connectivity index (χ1n) is 7.13. The van der Waals surface area contributed by atoms with Gasteiger partial charge in [0.15, 0.2) is 0 Å². The van der Waals surface area contributed by atoms with Crippen LogP contribution in [0.1, 0.15) is 23.5 Å². The van der Waals surface area contributed by atoms with Gasteiger partial charge in [-0.3, -0.25) is 4.79 Å². The van der Waals surface area contributed by atoms with Crippen LogP contribution in [0, 0.1) is 5.92 Å². The number of ether oxygens (including phenoxy) is 2. The molecule has 0 heterocycles. The molecule has 0 aromatic heterocycles. The molecule has 108 valence electrons. The molecule has 2 aromatic rings. The normalized spacial score (nSPS) is 19.9. The molecule has 1 aliphatic carbocycles. The second-order valence-electron chi connectivity index (χ2n) is 5.28. The van der Waals surface area contributed by atoms with Crippen LogP contribution in [0.2, 0.25) is 0 Å². The highest BCUT2D eigenvalue weighted by Gasteiger charge is 2.46. The molecule has 0 spiro atoms. The molecule has 0 aliphatic heterocycles. The molecule has 1 aliphatic rings. The highest BCUT2D eigenvalue weighted by Crippen LogP contribution is 2.50. The molecule has 3 rings (SSSR count). The van der Waals surface area contributed by atoms with Crippen molar-refractivity contribution >= 4 is 5.97 Å². The topological polar surface area (TPSA) is 35.5 Å². The highest BCUT2D eigenvalue weighted by atomic mass is 16.5. The first kappa shape index (κ1) is 13.7. The molecule has 1 fully saturated rings. The lowest BCUT2D eigenvalue weighted by molar-refractivity contribution is -0.146. The van der Waals surface area contributed by atoms with E-state index in [9.17, 15) is 4.79 Å². The van der Waals surface area contributed by atoms with Crippen LogP contribution in [-0.2, 0) is 16.1 Å². The first-order chi connectivity index (χ1) is 10.3. The molecule has 2 atom stereocenters. The third kappa shape index (κ3) is 3.07. The monoisotopic (exact) mass is 282 g/mol. The molecule has 1 saturated carbocycles. The van der Waals surface area contributed by atoms with Gasteiger partial charge in [0, 0.05) is 5.92 Å². The van der Waals surface area contributed by atoms with E-state index in [-0.39, 0.29) is 17.8 Å². The molecule has 3 nitrogen and oxygen atoms in total. The predicted molar refractivity (Wildman–Crippen MR) is 80.1 cm³/mol. The number of hydrogen-bond donors (Lipinski definition) is 0. The standard InChI is InChI=1S/C18H18O3/c1-20-17-10-6-5-9-14(17)15-11-16(15)18(19)21-12-13-7-3-2-4-8-13/h2-10,15-16H,11-12H2,1H3/t15?,16-/m1/s1. The van der Waals surface area contributed by atoms with Gasteiger partial charge in [-0.25, -0.2) is 0 Å². The summed E-state index contributed by atoms with van der Waals surface area (Å²) in [5.74, 6) is 0.921. The fraction of sp³-hybridized carbons (Fsp3) is 0.278. The van der Waals surface area contributed by atoms with Gasteiger partial charge < -0.3 is 9.47 Å². The SMILES string of the molecule is COc1ccccc1C1C[C@H]1C(=O)OCc1ccccc1. The van der Waals surface area contributed by atoms with Crippen LogP contribution in [0.4, 0.5) is 0 Å². The number of methoxy groups -OCH3 is 1. The third-order valence-corrected chi connectivity index (χ3v) is 3.86. The Balaban J connectivity index is 1.59. The Hall–Kier alpha value is -2.29. The van der Waals surface area contributed by atoms with E-state index in [1.807, 2.05) is 54.6 Å². The molecular weight excluding hydrogens is 264 g/mol. The van der Waals surface area contributed by atoms with Crippen molar-refractivity contribution < 1.29 is 14.3 Å². The highest BCUT2D eigenvalue weighted by molar-refractivity contribution is 5.77. The Kier molecular flexibility index (Phi) is 3.91. The van der Waals surface area contributed by atoms with E-state index in [0.29, 0.717) is 6.61 Å². The third-order valence-electron chi connectivity index (χ3n) is 3.86. The summed E-state index contributed by atoms with van der Waals surface area (Å²) in [5.41, 5.74) is 2.11. The van der Waals surface area contributed by atoms with Gasteiger partial charge in [-0.2, -0.15) is 0 Å². The fourth-order valence-electron chi connectivity index (χ4n) is 2.61. The van der Waals surface area contributed by atoms with Crippen LogP contribution in [0.15, 0.2) is 54.6 Å². The maximum absolute atomic E-state index is 12.1. The van der Waals surface area contributed by atoms with Gasteiger partial charge in [0.1, 0.15) is 12.4 Å². The minimum absolute atomic E-state index is 0.0370. The Morgan fingerprint density at radius 1 is 1.10 bits per heavy atom. The molecule has 1 unspecified atom stereocenters. The Labute approximate surface area is 124 Å². The van der Waals surface area contributed by atoms with Crippen molar-refractivity contribution in [2.24, 2.45) is 5.92 Å². The van der Waals surface area contributed by atoms with Gasteiger partial charge in [-0.1, -0.05) is 48.5 Å². The smallest absolute Gasteiger partial charge is 0.309 e. The van der Waals surface area contributed by atoms with E-state index in [1.165, 1.54) is 0 Å². The summed E-state index contributed by atoms with van der Waals surface area (Å²) in [6.45, 7) is 0.342. The van der Waals surface area contributed by atoms with Crippen LogP contribution in [0.3, 0.4) is 0 Å². The molecule has 21 heavy (non-hydrogen) atoms. The number of carbonyl (C=O) groups is 1. The van der Waals surface area contributed by atoms with E-state index in [2.05, 4.69) is 0 Å². The summed E-state index contributed by atoms with van der Waals surface area (Å²) in [6.07, 6.45) is 0.841. The number of carbonyl (C=O) groups excluding carboxylic acids is 1. The quantitative estimate of drug-likeness (QED) is 0.787. The lowest BCUT2D eigenvalue weighted by Gasteiger charge is -2.08. The van der Waals surface area contributed by atoms with Crippen molar-refractivity contribution in [1.82, 2.24) is 0 Å². The van der Waals surface area contributed by atoms with Gasteiger partial charge >= 0.3 is 5.97 Å². The van der Waals surface area contributed by atoms with Gasteiger partial charge in [0.25, 0.3) is 0 Å². The van der Waals surface area contributed by atoms with E-state index in [1.54, 1.807) is 7.11 Å². The molecule has 0 saturated heterocycles. The number of para-hydroxylation sites is 1. The molecule has 0 amide bonds. The Morgan fingerprint density at radius 3 is 2.57 bits per heavy atom. The van der Waals surface area contributed by atoms with E-state index in [0.717, 1.165) is 23.3 Å². The molecular formula is C18H18O3. The predicted octanol–water partition coefficient (Wildman–Crippen LogP) is 3.54. The molecule has 2 aromatic carbocycles. The van der Waals surface area contributed by atoms with Crippen LogP contribution in [-0.4, -0.2) is 13.1 Å². The number of esters is 1. The molecule has 0 N–H and O–H groups in total. The summed E-state index contributed by atoms with van der Waals surface area (Å²) in [5, 5.41) is 0. The van der Waals surface area contributed by atoms with Crippen molar-refractivity contribution in [2.75, 3.05) is 7.11 Å². The lowest BCUT2D eigenvalue weighted by Crippen LogP contribution is -2.08. The summed E-state index contributed by atoms with van der Waals surface area (Å²) in [7, 11) is 1.66. The van der Waals surface area contributed by atoms with E-state index in [4.69, 9.17) is 9.47 Å². The molecule has 0 bridgehead atoms. The van der Waals surface area contributed by atoms with E-state index < -0.39 is 0 Å². The summed E-state index contributed by atoms with van der Waals surface area (Å²) in [6, 6.07) is 17.6. The number of benzene rings is 2. The lowest BCUT2D eigenvalue weighted by atomic mass is 10.1. The molecule has 3 heteroatoms. The van der Waals surface area contributed by atoms with Gasteiger partial charge in [-0.05, 0) is 23.6 Å². The average Bonchev–Trinajstić information content (AvgIpc) is 3.34. The van der Waals surface area contributed by atoms with Gasteiger partial charge in [0.05, 0.1) is 13.0 Å². The van der Waals surface area contributed by atoms with Crippen molar-refractivity contribution in [3.63, 3.8) is 0 Å². The summed E-state index contributed by atoms with van der Waals surface area (Å²) >= 11 is 0. The van der Waals surface area contributed by atoms with Crippen molar-refractivity contribution in [1.29, 1.82) is 0 Å². The number of rotatable bonds is 5. The molecule has 0 radical (unpaired) electrons. The largest absolute Gasteiger partial charge is 0.496 e. The van der Waals surface area contributed by atoms with Crippen LogP contribution < -0.4 is 4.74 Å². The zero-order valence-corrected chi connectivity index (χ0v) is 12.0. The van der Waals surface area contributed by atoms with Crippen LogP contribution >= 0.6 is 0 Å². The zero-order chi connectivity index (χ0) is 14.7. The van der Waals surface area contributed by atoms with Gasteiger partial charge in [0.2, 0.25) is 0 Å². The first-order valence-corrected chi connectivity index (χ1v) is 7.13. The van der Waals surface area contributed by atoms with Gasteiger partial charge in [-0.15, -0.1) is 0 Å². The van der Waals surface area contributed by atoms with Crippen molar-refractivity contribution in [3.05, 3.63) is 65.7 Å². The van der Waals surface area contributed by atoms with Crippen molar-refractivity contribution in [2.45, 2.75) is 18.9 Å². The fourth-order valence-corrected chi connectivity index (χ4v) is 2.61. The van der Waals surface area contributed by atoms with Crippen molar-refractivity contribution in [3.8, 4) is 5.75 Å². The second kappa shape index (κ2) is 6.00. The Morgan fingerprint density at radius 2 is 1.81 bits per heavy atom. The van der Waals surface area contributed by atoms with E-state index >= 15 is 0 Å². The van der Waals surface area contributed by atoms with Crippen LogP contribution in [0.5, 0.6) is 5.75 Å². The maximum Gasteiger partial charge on any atom is 0.309 e. The second-order valence-corrected chi connectivity index (χ2v) is 5.28. The average molecular weight is 282 g/mol. The summed E-state index contributed by atoms with van der Waals surface area (Å²) in [4.78, 5) is 12.1. The Bertz CT molecular complexity index is 621. The maximum atomic E-state index is 12.1. The summed E-state index contributed by atoms with van der Waals surface area (Å²) < 4.78 is 10.7. The minimum atomic E-state index is -0.116. The minimum Gasteiger partial charge on any atom is -0.496 e. The number of hydrogen-bond acceptors (Lipinski definition) is 3.